The molecule has 0 saturated carbocycles. The molecule has 2 saturated heterocycles. The smallest absolute Gasteiger partial charge is 0.263 e. The summed E-state index contributed by atoms with van der Waals surface area (Å²) in [5.41, 5.74) is 0.125. The molecule has 1 amide bonds. The highest BCUT2D eigenvalue weighted by Gasteiger charge is 2.42. The molecule has 3 heterocycles. The van der Waals surface area contributed by atoms with Gasteiger partial charge in [-0.25, -0.2) is 0 Å². The van der Waals surface area contributed by atoms with Crippen molar-refractivity contribution in [2.75, 3.05) is 60.0 Å². The number of hydrogen-bond acceptors (Lipinski definition) is 5. The quantitative estimate of drug-likeness (QED) is 0.836. The van der Waals surface area contributed by atoms with Crippen LogP contribution in [0.3, 0.4) is 0 Å². The lowest BCUT2D eigenvalue weighted by molar-refractivity contribution is -0.0927. The first-order valence-electron chi connectivity index (χ1n) is 8.41. The van der Waals surface area contributed by atoms with E-state index in [2.05, 4.69) is 23.9 Å². The number of thiophene rings is 1. The van der Waals surface area contributed by atoms with Crippen molar-refractivity contribution in [1.29, 1.82) is 0 Å². The lowest BCUT2D eigenvalue weighted by atomic mass is 9.85. The van der Waals surface area contributed by atoms with E-state index >= 15 is 0 Å². The number of morpholine rings is 1. The van der Waals surface area contributed by atoms with Gasteiger partial charge in [0, 0.05) is 38.3 Å². The highest BCUT2D eigenvalue weighted by molar-refractivity contribution is 7.12. The Labute approximate surface area is 142 Å². The van der Waals surface area contributed by atoms with Gasteiger partial charge in [-0.15, -0.1) is 11.3 Å². The van der Waals surface area contributed by atoms with E-state index in [0.717, 1.165) is 63.7 Å². The van der Waals surface area contributed by atoms with E-state index < -0.39 is 0 Å². The fraction of sp³-hybridized carbons (Fsp3) is 0.706. The summed E-state index contributed by atoms with van der Waals surface area (Å²) in [5.74, 6) is 0.186. The standard InChI is InChI=1S/C17H27N3O2S/c1-18(2)9-10-20-11-12-22-14-17(20)5-7-19(8-6-17)16(21)15-4-3-13-23-15/h3-4,13H,5-12,14H2,1-2H3. The SMILES string of the molecule is CN(C)CCN1CCOCC12CCN(C(=O)c1cccs1)CC2. The van der Waals surface area contributed by atoms with Gasteiger partial charge in [-0.05, 0) is 38.4 Å². The van der Waals surface area contributed by atoms with Crippen LogP contribution >= 0.6 is 11.3 Å². The van der Waals surface area contributed by atoms with Gasteiger partial charge < -0.3 is 14.5 Å². The lowest BCUT2D eigenvalue weighted by Gasteiger charge is -2.51. The van der Waals surface area contributed by atoms with Gasteiger partial charge in [0.1, 0.15) is 0 Å². The Balaban J connectivity index is 1.62. The molecule has 1 aromatic rings. The highest BCUT2D eigenvalue weighted by Crippen LogP contribution is 2.32. The summed E-state index contributed by atoms with van der Waals surface area (Å²) in [7, 11) is 4.24. The van der Waals surface area contributed by atoms with Gasteiger partial charge >= 0.3 is 0 Å². The Kier molecular flexibility index (Phi) is 5.36. The molecule has 23 heavy (non-hydrogen) atoms. The van der Waals surface area contributed by atoms with Crippen molar-refractivity contribution in [3.8, 4) is 0 Å². The fourth-order valence-corrected chi connectivity index (χ4v) is 4.27. The zero-order valence-corrected chi connectivity index (χ0v) is 15.0. The number of likely N-dealkylation sites (tertiary alicyclic amines) is 1. The minimum atomic E-state index is 0.125. The zero-order valence-electron chi connectivity index (χ0n) is 14.2. The fourth-order valence-electron chi connectivity index (χ4n) is 3.58. The second kappa shape index (κ2) is 7.30. The normalized spacial score (nSPS) is 22.0. The molecule has 0 bridgehead atoms. The number of likely N-dealkylation sites (N-methyl/N-ethyl adjacent to an activating group) is 1. The van der Waals surface area contributed by atoms with Crippen molar-refractivity contribution in [2.45, 2.75) is 18.4 Å². The van der Waals surface area contributed by atoms with Crippen LogP contribution in [0.5, 0.6) is 0 Å². The van der Waals surface area contributed by atoms with Crippen LogP contribution in [-0.4, -0.2) is 86.2 Å². The van der Waals surface area contributed by atoms with Crippen LogP contribution in [0.1, 0.15) is 22.5 Å². The van der Waals surface area contributed by atoms with E-state index in [1.807, 2.05) is 22.4 Å². The first-order valence-corrected chi connectivity index (χ1v) is 9.29. The summed E-state index contributed by atoms with van der Waals surface area (Å²) in [6.45, 7) is 6.45. The van der Waals surface area contributed by atoms with Crippen LogP contribution in [0, 0.1) is 0 Å². The molecule has 0 aliphatic carbocycles. The number of carbonyl (C=O) groups is 1. The number of ether oxygens (including phenoxy) is 1. The number of rotatable bonds is 4. The molecule has 0 atom stereocenters. The average Bonchev–Trinajstić information content (AvgIpc) is 3.08. The van der Waals surface area contributed by atoms with Crippen molar-refractivity contribution in [3.05, 3.63) is 22.4 Å². The first kappa shape index (κ1) is 16.9. The molecule has 2 aliphatic rings. The molecular weight excluding hydrogens is 310 g/mol. The van der Waals surface area contributed by atoms with Gasteiger partial charge in [0.05, 0.1) is 18.1 Å². The van der Waals surface area contributed by atoms with Crippen molar-refractivity contribution in [1.82, 2.24) is 14.7 Å². The third-order valence-electron chi connectivity index (χ3n) is 5.08. The maximum absolute atomic E-state index is 12.5. The van der Waals surface area contributed by atoms with Gasteiger partial charge in [0.25, 0.3) is 5.91 Å². The first-order chi connectivity index (χ1) is 11.1. The summed E-state index contributed by atoms with van der Waals surface area (Å²) in [6.07, 6.45) is 2.02. The predicted molar refractivity (Wildman–Crippen MR) is 93.1 cm³/mol. The molecule has 0 aromatic carbocycles. The van der Waals surface area contributed by atoms with Gasteiger partial charge in [-0.2, -0.15) is 0 Å². The Morgan fingerprint density at radius 1 is 1.35 bits per heavy atom. The maximum atomic E-state index is 12.5. The summed E-state index contributed by atoms with van der Waals surface area (Å²) < 4.78 is 5.81. The van der Waals surface area contributed by atoms with Crippen LogP contribution in [-0.2, 0) is 4.74 Å². The largest absolute Gasteiger partial charge is 0.378 e. The molecule has 1 spiro atoms. The summed E-state index contributed by atoms with van der Waals surface area (Å²) >= 11 is 1.53. The second-order valence-electron chi connectivity index (χ2n) is 6.84. The molecule has 5 nitrogen and oxygen atoms in total. The minimum absolute atomic E-state index is 0.125. The van der Waals surface area contributed by atoms with E-state index in [0.29, 0.717) is 0 Å². The molecule has 2 aliphatic heterocycles. The summed E-state index contributed by atoms with van der Waals surface area (Å²) in [5, 5.41) is 1.97. The monoisotopic (exact) mass is 337 g/mol. The third kappa shape index (κ3) is 3.76. The number of hydrogen-bond donors (Lipinski definition) is 0. The van der Waals surface area contributed by atoms with E-state index in [-0.39, 0.29) is 11.4 Å². The van der Waals surface area contributed by atoms with Crippen LogP contribution in [0.2, 0.25) is 0 Å². The van der Waals surface area contributed by atoms with Crippen LogP contribution in [0.15, 0.2) is 17.5 Å². The molecule has 0 N–H and O–H groups in total. The van der Waals surface area contributed by atoms with E-state index in [1.165, 1.54) is 11.3 Å². The van der Waals surface area contributed by atoms with Gasteiger partial charge in [0.2, 0.25) is 0 Å². The Morgan fingerprint density at radius 3 is 2.78 bits per heavy atom. The molecule has 3 rings (SSSR count). The van der Waals surface area contributed by atoms with Gasteiger partial charge in [0.15, 0.2) is 0 Å². The number of carbonyl (C=O) groups excluding carboxylic acids is 1. The Bertz CT molecular complexity index is 510. The zero-order chi connectivity index (χ0) is 16.3. The molecule has 0 radical (unpaired) electrons. The molecule has 1 aromatic heterocycles. The highest BCUT2D eigenvalue weighted by atomic mass is 32.1. The van der Waals surface area contributed by atoms with Crippen molar-refractivity contribution < 1.29 is 9.53 Å². The Morgan fingerprint density at radius 2 is 2.13 bits per heavy atom. The van der Waals surface area contributed by atoms with E-state index in [9.17, 15) is 4.79 Å². The van der Waals surface area contributed by atoms with Crippen molar-refractivity contribution in [3.63, 3.8) is 0 Å². The predicted octanol–water partition coefficient (Wildman–Crippen LogP) is 1.62. The van der Waals surface area contributed by atoms with E-state index in [4.69, 9.17) is 4.74 Å². The van der Waals surface area contributed by atoms with Crippen LogP contribution in [0.4, 0.5) is 0 Å². The van der Waals surface area contributed by atoms with Crippen molar-refractivity contribution >= 4 is 17.2 Å². The third-order valence-corrected chi connectivity index (χ3v) is 5.94. The molecule has 128 valence electrons. The summed E-state index contributed by atoms with van der Waals surface area (Å²) in [4.78, 5) is 20.2. The number of amides is 1. The molecule has 2 fully saturated rings. The number of nitrogens with zero attached hydrogens (tertiary/aromatic N) is 3. The molecule has 6 heteroatoms. The average molecular weight is 337 g/mol. The minimum Gasteiger partial charge on any atom is -0.378 e. The van der Waals surface area contributed by atoms with Crippen LogP contribution < -0.4 is 0 Å². The molecular formula is C17H27N3O2S. The molecule has 0 unspecified atom stereocenters. The lowest BCUT2D eigenvalue weighted by Crippen LogP contribution is -2.62. The van der Waals surface area contributed by atoms with Crippen LogP contribution in [0.25, 0.3) is 0 Å². The second-order valence-corrected chi connectivity index (χ2v) is 7.78. The maximum Gasteiger partial charge on any atom is 0.263 e. The van der Waals surface area contributed by atoms with Gasteiger partial charge in [-0.1, -0.05) is 6.07 Å². The topological polar surface area (TPSA) is 36.0 Å². The Hall–Kier alpha value is -0.950. The number of piperidine rings is 1. The summed E-state index contributed by atoms with van der Waals surface area (Å²) in [6, 6.07) is 3.87. The van der Waals surface area contributed by atoms with Crippen molar-refractivity contribution in [2.24, 2.45) is 0 Å². The van der Waals surface area contributed by atoms with E-state index in [1.54, 1.807) is 0 Å². The van der Waals surface area contributed by atoms with Gasteiger partial charge in [-0.3, -0.25) is 9.69 Å².